The first kappa shape index (κ1) is 17.7. The average Bonchev–Trinajstić information content (AvgIpc) is 2.49. The quantitative estimate of drug-likeness (QED) is 0.844. The van der Waals surface area contributed by atoms with Gasteiger partial charge in [-0.3, -0.25) is 4.79 Å². The largest absolute Gasteiger partial charge is 0.367 e. The molecule has 2 aromatic carbocycles. The zero-order chi connectivity index (χ0) is 16.9. The van der Waals surface area contributed by atoms with E-state index >= 15 is 0 Å². The van der Waals surface area contributed by atoms with E-state index in [0.29, 0.717) is 10.6 Å². The molecule has 5 nitrogen and oxygen atoms in total. The predicted molar refractivity (Wildman–Crippen MR) is 87.9 cm³/mol. The Balaban J connectivity index is 1.91. The molecule has 2 rings (SSSR count). The van der Waals surface area contributed by atoms with Crippen LogP contribution in [0.5, 0.6) is 0 Å². The second-order valence-corrected chi connectivity index (χ2v) is 7.10. The van der Waals surface area contributed by atoms with Gasteiger partial charge in [0.15, 0.2) is 0 Å². The molecule has 0 saturated heterocycles. The second-order valence-electron chi connectivity index (χ2n) is 4.57. The zero-order valence-electron chi connectivity index (χ0n) is 11.8. The summed E-state index contributed by atoms with van der Waals surface area (Å²) in [5.41, 5.74) is 0.708. The highest BCUT2D eigenvalue weighted by Crippen LogP contribution is 2.16. The van der Waals surface area contributed by atoms with Crippen LogP contribution in [0.15, 0.2) is 53.4 Å². The molecule has 23 heavy (non-hydrogen) atoms. The van der Waals surface area contributed by atoms with Crippen LogP contribution in [0.1, 0.15) is 5.56 Å². The lowest BCUT2D eigenvalue weighted by atomic mass is 10.2. The van der Waals surface area contributed by atoms with Gasteiger partial charge in [-0.25, -0.2) is 13.1 Å². The normalized spacial score (nSPS) is 11.2. The van der Waals surface area contributed by atoms with Gasteiger partial charge in [-0.2, -0.15) is 0 Å². The summed E-state index contributed by atoms with van der Waals surface area (Å²) in [5, 5.41) is 0.773. The van der Waals surface area contributed by atoms with E-state index in [0.717, 1.165) is 0 Å². The lowest BCUT2D eigenvalue weighted by molar-refractivity contribution is -0.124. The van der Waals surface area contributed by atoms with Crippen LogP contribution >= 0.6 is 23.2 Å². The van der Waals surface area contributed by atoms with Crippen molar-refractivity contribution in [2.24, 2.45) is 0 Å². The van der Waals surface area contributed by atoms with Crippen molar-refractivity contribution in [1.82, 2.24) is 4.72 Å². The number of benzene rings is 2. The maximum Gasteiger partial charge on any atom is 0.264 e. The zero-order valence-corrected chi connectivity index (χ0v) is 14.2. The van der Waals surface area contributed by atoms with Crippen molar-refractivity contribution in [3.05, 3.63) is 64.1 Å². The molecular weight excluding hydrogens is 361 g/mol. The van der Waals surface area contributed by atoms with Crippen LogP contribution < -0.4 is 4.72 Å². The van der Waals surface area contributed by atoms with Gasteiger partial charge in [-0.1, -0.05) is 47.5 Å². The first-order valence-corrected chi connectivity index (χ1v) is 8.75. The van der Waals surface area contributed by atoms with E-state index in [4.69, 9.17) is 27.9 Å². The minimum atomic E-state index is -3.98. The van der Waals surface area contributed by atoms with Gasteiger partial charge in [-0.05, 0) is 29.8 Å². The molecule has 1 amide bonds. The summed E-state index contributed by atoms with van der Waals surface area (Å²) < 4.78 is 31.1. The van der Waals surface area contributed by atoms with E-state index in [9.17, 15) is 13.2 Å². The Hall–Kier alpha value is -1.60. The lowest BCUT2D eigenvalue weighted by Crippen LogP contribution is -2.33. The molecule has 1 N–H and O–H groups in total. The van der Waals surface area contributed by atoms with Crippen molar-refractivity contribution in [2.75, 3.05) is 6.61 Å². The molecular formula is C15H13Cl2NO4S. The molecule has 0 aliphatic rings. The van der Waals surface area contributed by atoms with Gasteiger partial charge in [0.05, 0.1) is 11.5 Å². The van der Waals surface area contributed by atoms with E-state index in [1.807, 2.05) is 4.72 Å². The van der Waals surface area contributed by atoms with Crippen LogP contribution in [-0.4, -0.2) is 20.9 Å². The molecule has 0 atom stereocenters. The number of sulfonamides is 1. The number of amides is 1. The SMILES string of the molecule is O=C(COCc1ccccc1Cl)NS(=O)(=O)c1cccc(Cl)c1. The van der Waals surface area contributed by atoms with Crippen LogP contribution in [0.25, 0.3) is 0 Å². The Labute approximate surface area is 144 Å². The fourth-order valence-electron chi connectivity index (χ4n) is 1.74. The van der Waals surface area contributed by atoms with E-state index in [-0.39, 0.29) is 16.5 Å². The number of carbonyl (C=O) groups is 1. The van der Waals surface area contributed by atoms with Gasteiger partial charge >= 0.3 is 0 Å². The summed E-state index contributed by atoms with van der Waals surface area (Å²) in [6.45, 7) is -0.310. The maximum absolute atomic E-state index is 12.0. The topological polar surface area (TPSA) is 72.5 Å². The highest BCUT2D eigenvalue weighted by molar-refractivity contribution is 7.90. The minimum absolute atomic E-state index is 0.0931. The van der Waals surface area contributed by atoms with Crippen molar-refractivity contribution in [1.29, 1.82) is 0 Å². The third-order valence-corrected chi connectivity index (χ3v) is 4.78. The minimum Gasteiger partial charge on any atom is -0.367 e. The smallest absolute Gasteiger partial charge is 0.264 e. The van der Waals surface area contributed by atoms with Crippen LogP contribution in [0, 0.1) is 0 Å². The molecule has 0 spiro atoms. The summed E-state index contributed by atoms with van der Waals surface area (Å²) in [4.78, 5) is 11.6. The fourth-order valence-corrected chi connectivity index (χ4v) is 3.20. The molecule has 0 aliphatic carbocycles. The first-order chi connectivity index (χ1) is 10.9. The number of halogens is 2. The summed E-state index contributed by atoms with van der Waals surface area (Å²) in [6.07, 6.45) is 0. The summed E-state index contributed by atoms with van der Waals surface area (Å²) in [5.74, 6) is -0.781. The first-order valence-electron chi connectivity index (χ1n) is 6.51. The Kier molecular flexibility index (Phi) is 6.01. The Bertz CT molecular complexity index is 809. The number of nitrogens with one attached hydrogen (secondary N) is 1. The summed E-state index contributed by atoms with van der Waals surface area (Å²) in [6, 6.07) is 12.6. The van der Waals surface area contributed by atoms with Gasteiger partial charge in [0.1, 0.15) is 6.61 Å². The monoisotopic (exact) mass is 373 g/mol. The van der Waals surface area contributed by atoms with Crippen LogP contribution in [-0.2, 0) is 26.2 Å². The Morgan fingerprint density at radius 2 is 1.83 bits per heavy atom. The van der Waals surface area contributed by atoms with Gasteiger partial charge in [-0.15, -0.1) is 0 Å². The molecule has 0 heterocycles. The van der Waals surface area contributed by atoms with Crippen LogP contribution in [0.2, 0.25) is 10.0 Å². The van der Waals surface area contributed by atoms with Crippen molar-refractivity contribution in [3.8, 4) is 0 Å². The standard InChI is InChI=1S/C15H13Cl2NO4S/c16-12-5-3-6-13(8-12)23(20,21)18-15(19)10-22-9-11-4-1-2-7-14(11)17/h1-8H,9-10H2,(H,18,19). The fraction of sp³-hybridized carbons (Fsp3) is 0.133. The summed E-state index contributed by atoms with van der Waals surface area (Å²) in [7, 11) is -3.98. The van der Waals surface area contributed by atoms with Crippen LogP contribution in [0.4, 0.5) is 0 Å². The van der Waals surface area contributed by atoms with E-state index < -0.39 is 22.5 Å². The molecule has 2 aromatic rings. The molecule has 0 radical (unpaired) electrons. The highest BCUT2D eigenvalue weighted by Gasteiger charge is 2.17. The molecule has 0 unspecified atom stereocenters. The molecule has 0 fully saturated rings. The number of carbonyl (C=O) groups excluding carboxylic acids is 1. The number of rotatable bonds is 6. The predicted octanol–water partition coefficient (Wildman–Crippen LogP) is 3.02. The lowest BCUT2D eigenvalue weighted by Gasteiger charge is -2.08. The highest BCUT2D eigenvalue weighted by atomic mass is 35.5. The third-order valence-electron chi connectivity index (χ3n) is 2.80. The van der Waals surface area contributed by atoms with Gasteiger partial charge in [0.2, 0.25) is 0 Å². The molecule has 122 valence electrons. The van der Waals surface area contributed by atoms with Crippen LogP contribution in [0.3, 0.4) is 0 Å². The van der Waals surface area contributed by atoms with Crippen molar-refractivity contribution in [2.45, 2.75) is 11.5 Å². The van der Waals surface area contributed by atoms with Gasteiger partial charge < -0.3 is 4.74 Å². The van der Waals surface area contributed by atoms with Gasteiger partial charge in [0, 0.05) is 10.0 Å². The average molecular weight is 374 g/mol. The Morgan fingerprint density at radius 3 is 2.52 bits per heavy atom. The van der Waals surface area contributed by atoms with Gasteiger partial charge in [0.25, 0.3) is 15.9 Å². The molecule has 0 aromatic heterocycles. The van der Waals surface area contributed by atoms with E-state index in [1.54, 1.807) is 24.3 Å². The Morgan fingerprint density at radius 1 is 1.09 bits per heavy atom. The van der Waals surface area contributed by atoms with Crippen molar-refractivity contribution >= 4 is 39.1 Å². The summed E-state index contributed by atoms with van der Waals surface area (Å²) >= 11 is 11.7. The van der Waals surface area contributed by atoms with Crippen molar-refractivity contribution in [3.63, 3.8) is 0 Å². The third kappa shape index (κ3) is 5.21. The maximum atomic E-state index is 12.0. The van der Waals surface area contributed by atoms with Crippen molar-refractivity contribution < 1.29 is 17.9 Å². The van der Waals surface area contributed by atoms with E-state index in [1.165, 1.54) is 24.3 Å². The number of hydrogen-bond donors (Lipinski definition) is 1. The molecule has 0 bridgehead atoms. The van der Waals surface area contributed by atoms with E-state index in [2.05, 4.69) is 0 Å². The number of ether oxygens (including phenoxy) is 1. The number of hydrogen-bond acceptors (Lipinski definition) is 4. The molecule has 8 heteroatoms. The molecule has 0 saturated carbocycles. The second kappa shape index (κ2) is 7.79. The molecule has 0 aliphatic heterocycles.